The predicted octanol–water partition coefficient (Wildman–Crippen LogP) is 6.29. The van der Waals surface area contributed by atoms with Gasteiger partial charge in [0.25, 0.3) is 0 Å². The highest BCUT2D eigenvalue weighted by Gasteiger charge is 2.39. The minimum atomic E-state index is -2.19. The zero-order valence-corrected chi connectivity index (χ0v) is 29.9. The monoisotopic (exact) mass is 643 g/mol. The number of hydrogen-bond acceptors (Lipinski definition) is 7. The van der Waals surface area contributed by atoms with Gasteiger partial charge in [0.15, 0.2) is 8.32 Å². The molecule has 0 heterocycles. The molecule has 0 unspecified atom stereocenters. The summed E-state index contributed by atoms with van der Waals surface area (Å²) in [5.41, 5.74) is 0.964. The molecule has 2 aromatic carbocycles. The molecule has 0 aromatic heterocycles. The van der Waals surface area contributed by atoms with Crippen LogP contribution in [0.1, 0.15) is 59.6 Å². The van der Waals surface area contributed by atoms with Gasteiger partial charge in [-0.3, -0.25) is 9.69 Å². The molecule has 250 valence electrons. The number of amides is 3. The van der Waals surface area contributed by atoms with Crippen molar-refractivity contribution >= 4 is 26.4 Å². The first-order valence-electron chi connectivity index (χ1n) is 15.3. The maximum absolute atomic E-state index is 13.9. The number of methoxy groups -OCH3 is 1. The SMILES string of the molecule is COc1ccc(C[C@@H](C(=O)N[C@H](C)[C@@H](CO[Si](C)(C)C(C)(C)C)NC(=O)OC(C)(C)C)N(C)C(=O)OCc2ccccc2)cc1. The fourth-order valence-electron chi connectivity index (χ4n) is 4.04. The number of hydrogen-bond donors (Lipinski definition) is 2. The van der Waals surface area contributed by atoms with Crippen LogP contribution in [0.25, 0.3) is 0 Å². The molecule has 45 heavy (non-hydrogen) atoms. The topological polar surface area (TPSA) is 115 Å². The van der Waals surface area contributed by atoms with E-state index in [1.807, 2.05) is 42.5 Å². The molecule has 11 heteroatoms. The van der Waals surface area contributed by atoms with Crippen molar-refractivity contribution in [2.75, 3.05) is 20.8 Å². The van der Waals surface area contributed by atoms with Gasteiger partial charge in [0.05, 0.1) is 19.8 Å². The molecule has 2 rings (SSSR count). The highest BCUT2D eigenvalue weighted by molar-refractivity contribution is 6.74. The van der Waals surface area contributed by atoms with Gasteiger partial charge in [-0.2, -0.15) is 0 Å². The Hall–Kier alpha value is -3.57. The molecule has 0 bridgehead atoms. The minimum Gasteiger partial charge on any atom is -0.497 e. The van der Waals surface area contributed by atoms with Crippen molar-refractivity contribution in [1.29, 1.82) is 0 Å². The Morgan fingerprint density at radius 3 is 2.02 bits per heavy atom. The van der Waals surface area contributed by atoms with Gasteiger partial charge in [0.2, 0.25) is 5.91 Å². The van der Waals surface area contributed by atoms with Crippen molar-refractivity contribution in [3.8, 4) is 5.75 Å². The molecule has 3 atom stereocenters. The van der Waals surface area contributed by atoms with Crippen LogP contribution in [-0.4, -0.2) is 75.8 Å². The van der Waals surface area contributed by atoms with Crippen LogP contribution in [0.4, 0.5) is 9.59 Å². The molecule has 0 fully saturated rings. The summed E-state index contributed by atoms with van der Waals surface area (Å²) in [4.78, 5) is 41.2. The number of likely N-dealkylation sites (N-methyl/N-ethyl adjacent to an activating group) is 1. The third-order valence-corrected chi connectivity index (χ3v) is 12.5. The van der Waals surface area contributed by atoms with E-state index in [4.69, 9.17) is 18.6 Å². The molecule has 0 aliphatic carbocycles. The highest BCUT2D eigenvalue weighted by Crippen LogP contribution is 2.36. The van der Waals surface area contributed by atoms with Crippen molar-refractivity contribution in [2.45, 2.75) is 103 Å². The number of benzene rings is 2. The van der Waals surface area contributed by atoms with Crippen LogP contribution in [0.3, 0.4) is 0 Å². The van der Waals surface area contributed by atoms with Gasteiger partial charge >= 0.3 is 12.2 Å². The Bertz CT molecular complexity index is 1240. The van der Waals surface area contributed by atoms with E-state index in [1.54, 1.807) is 54.0 Å². The normalized spacial score (nSPS) is 14.0. The smallest absolute Gasteiger partial charge is 0.410 e. The van der Waals surface area contributed by atoms with Gasteiger partial charge in [0.1, 0.15) is 24.0 Å². The number of nitrogens with one attached hydrogen (secondary N) is 2. The summed E-state index contributed by atoms with van der Waals surface area (Å²) in [7, 11) is 0.941. The molecule has 0 aliphatic heterocycles. The van der Waals surface area contributed by atoms with Crippen LogP contribution in [0.2, 0.25) is 18.1 Å². The number of carbonyl (C=O) groups is 3. The third-order valence-electron chi connectivity index (χ3n) is 7.96. The molecule has 0 aliphatic rings. The van der Waals surface area contributed by atoms with Gasteiger partial charge in [0, 0.05) is 19.5 Å². The molecule has 3 amide bonds. The van der Waals surface area contributed by atoms with Crippen molar-refractivity contribution in [3.63, 3.8) is 0 Å². The predicted molar refractivity (Wildman–Crippen MR) is 179 cm³/mol. The van der Waals surface area contributed by atoms with Crippen LogP contribution in [0.15, 0.2) is 54.6 Å². The van der Waals surface area contributed by atoms with Crippen LogP contribution < -0.4 is 15.4 Å². The second kappa shape index (κ2) is 16.1. The van der Waals surface area contributed by atoms with E-state index in [-0.39, 0.29) is 24.7 Å². The number of nitrogens with zero attached hydrogens (tertiary/aromatic N) is 1. The summed E-state index contributed by atoms with van der Waals surface area (Å²) in [6.45, 7) is 18.1. The summed E-state index contributed by atoms with van der Waals surface area (Å²) in [6, 6.07) is 14.6. The van der Waals surface area contributed by atoms with Crippen molar-refractivity contribution in [2.24, 2.45) is 0 Å². The van der Waals surface area contributed by atoms with Crippen molar-refractivity contribution in [3.05, 3.63) is 65.7 Å². The van der Waals surface area contributed by atoms with Crippen LogP contribution in [-0.2, 0) is 31.7 Å². The van der Waals surface area contributed by atoms with E-state index < -0.39 is 50.1 Å². The molecule has 0 saturated heterocycles. The van der Waals surface area contributed by atoms with Crippen LogP contribution in [0, 0.1) is 0 Å². The van der Waals surface area contributed by atoms with Crippen molar-refractivity contribution < 1.29 is 33.0 Å². The number of carbonyl (C=O) groups excluding carboxylic acids is 3. The molecule has 0 spiro atoms. The molecule has 2 aromatic rings. The second-order valence-corrected chi connectivity index (χ2v) is 18.6. The van der Waals surface area contributed by atoms with E-state index >= 15 is 0 Å². The molecule has 10 nitrogen and oxygen atoms in total. The number of rotatable bonds is 13. The summed E-state index contributed by atoms with van der Waals surface area (Å²) >= 11 is 0. The Labute approximate surface area is 270 Å². The zero-order chi connectivity index (χ0) is 34.0. The van der Waals surface area contributed by atoms with Crippen LogP contribution >= 0.6 is 0 Å². The first-order chi connectivity index (χ1) is 20.8. The fourth-order valence-corrected chi connectivity index (χ4v) is 5.07. The maximum Gasteiger partial charge on any atom is 0.410 e. The lowest BCUT2D eigenvalue weighted by atomic mass is 10.0. The molecular formula is C34H53N3O7Si. The lowest BCUT2D eigenvalue weighted by Crippen LogP contribution is -2.58. The minimum absolute atomic E-state index is 0.0533. The van der Waals surface area contributed by atoms with E-state index in [0.717, 1.165) is 11.1 Å². The van der Waals surface area contributed by atoms with Gasteiger partial charge in [-0.1, -0.05) is 63.2 Å². The standard InChI is InChI=1S/C34H53N3O7Si/c1-24(28(36-31(39)44-33(2,3)4)23-43-45(10,11)34(5,6)7)35-30(38)29(21-25-17-19-27(41-9)20-18-25)37(8)32(40)42-22-26-15-13-12-14-16-26/h12-20,24,28-29H,21-23H2,1-11H3,(H,35,38)(H,36,39)/t24-,28-,29+/m1/s1. The Kier molecular flexibility index (Phi) is 13.5. The van der Waals surface area contributed by atoms with Gasteiger partial charge < -0.3 is 29.3 Å². The Balaban J connectivity index is 2.29. The molecule has 0 saturated carbocycles. The molecule has 0 radical (unpaired) electrons. The Morgan fingerprint density at radius 1 is 0.889 bits per heavy atom. The summed E-state index contributed by atoms with van der Waals surface area (Å²) in [6.07, 6.45) is -1.02. The number of alkyl carbamates (subject to hydrolysis) is 1. The largest absolute Gasteiger partial charge is 0.497 e. The van der Waals surface area contributed by atoms with Crippen molar-refractivity contribution in [1.82, 2.24) is 15.5 Å². The highest BCUT2D eigenvalue weighted by atomic mass is 28.4. The van der Waals surface area contributed by atoms with Crippen LogP contribution in [0.5, 0.6) is 5.75 Å². The zero-order valence-electron chi connectivity index (χ0n) is 28.9. The maximum atomic E-state index is 13.9. The second-order valence-electron chi connectivity index (χ2n) is 13.8. The summed E-state index contributed by atoms with van der Waals surface area (Å²) in [5, 5.41) is 5.87. The molecule has 2 N–H and O–H groups in total. The van der Waals surface area contributed by atoms with E-state index in [1.165, 1.54) is 4.90 Å². The first kappa shape index (κ1) is 37.6. The third kappa shape index (κ3) is 12.4. The lowest BCUT2D eigenvalue weighted by molar-refractivity contribution is -0.126. The molecular weight excluding hydrogens is 590 g/mol. The average Bonchev–Trinajstić information content (AvgIpc) is 2.95. The van der Waals surface area contributed by atoms with Gasteiger partial charge in [-0.25, -0.2) is 9.59 Å². The average molecular weight is 644 g/mol. The Morgan fingerprint density at radius 2 is 1.49 bits per heavy atom. The first-order valence-corrected chi connectivity index (χ1v) is 18.2. The van der Waals surface area contributed by atoms with E-state index in [0.29, 0.717) is 5.75 Å². The lowest BCUT2D eigenvalue weighted by Gasteiger charge is -2.38. The van der Waals surface area contributed by atoms with E-state index in [9.17, 15) is 14.4 Å². The fraction of sp³-hybridized carbons (Fsp3) is 0.559. The van der Waals surface area contributed by atoms with Gasteiger partial charge in [-0.15, -0.1) is 0 Å². The number of ether oxygens (including phenoxy) is 3. The van der Waals surface area contributed by atoms with Gasteiger partial charge in [-0.05, 0) is 69.1 Å². The summed E-state index contributed by atoms with van der Waals surface area (Å²) < 4.78 is 22.8. The van der Waals surface area contributed by atoms with E-state index in [2.05, 4.69) is 44.5 Å². The summed E-state index contributed by atoms with van der Waals surface area (Å²) in [5.74, 6) is 0.280. The quantitative estimate of drug-likeness (QED) is 0.246.